The Labute approximate surface area is 126 Å². The van der Waals surface area contributed by atoms with E-state index in [1.165, 1.54) is 0 Å². The van der Waals surface area contributed by atoms with Crippen LogP contribution in [0.15, 0.2) is 30.3 Å². The average Bonchev–Trinajstić information content (AvgIpc) is 2.45. The standard InChI is InChI=1S/C17H25NO3/c1-13(16(20)14-7-5-4-6-8-14)9-18-10-15(11-19)21-17(2,3)12-18/h4-8,13,15,19H,9-12H2,1-3H3. The van der Waals surface area contributed by atoms with Crippen molar-refractivity contribution in [3.8, 4) is 0 Å². The van der Waals surface area contributed by atoms with E-state index in [1.54, 1.807) is 0 Å². The predicted octanol–water partition coefficient (Wildman–Crippen LogP) is 1.98. The summed E-state index contributed by atoms with van der Waals surface area (Å²) < 4.78 is 5.80. The van der Waals surface area contributed by atoms with Crippen LogP contribution in [0.5, 0.6) is 0 Å². The fourth-order valence-electron chi connectivity index (χ4n) is 3.01. The maximum absolute atomic E-state index is 12.4. The molecule has 2 atom stereocenters. The third-order valence-electron chi connectivity index (χ3n) is 3.79. The van der Waals surface area contributed by atoms with E-state index in [0.29, 0.717) is 13.1 Å². The van der Waals surface area contributed by atoms with Crippen molar-refractivity contribution in [2.24, 2.45) is 5.92 Å². The maximum atomic E-state index is 12.4. The number of aliphatic hydroxyl groups is 1. The van der Waals surface area contributed by atoms with Crippen LogP contribution >= 0.6 is 0 Å². The number of rotatable bonds is 5. The molecule has 116 valence electrons. The molecule has 0 aliphatic carbocycles. The first-order valence-electron chi connectivity index (χ1n) is 7.51. The van der Waals surface area contributed by atoms with Crippen molar-refractivity contribution < 1.29 is 14.6 Å². The van der Waals surface area contributed by atoms with Crippen LogP contribution in [0.3, 0.4) is 0 Å². The molecular formula is C17H25NO3. The second-order valence-electron chi connectivity index (χ2n) is 6.51. The number of carbonyl (C=O) groups is 1. The minimum absolute atomic E-state index is 0.0148. The molecule has 21 heavy (non-hydrogen) atoms. The van der Waals surface area contributed by atoms with Crippen LogP contribution in [0.25, 0.3) is 0 Å². The van der Waals surface area contributed by atoms with Gasteiger partial charge >= 0.3 is 0 Å². The van der Waals surface area contributed by atoms with Gasteiger partial charge in [-0.1, -0.05) is 37.3 Å². The molecule has 1 saturated heterocycles. The van der Waals surface area contributed by atoms with Crippen LogP contribution in [0.4, 0.5) is 0 Å². The van der Waals surface area contributed by atoms with Gasteiger partial charge < -0.3 is 9.84 Å². The topological polar surface area (TPSA) is 49.8 Å². The van der Waals surface area contributed by atoms with Gasteiger partial charge in [-0.05, 0) is 13.8 Å². The molecule has 1 fully saturated rings. The minimum atomic E-state index is -0.291. The van der Waals surface area contributed by atoms with Crippen molar-refractivity contribution in [2.75, 3.05) is 26.2 Å². The van der Waals surface area contributed by atoms with Gasteiger partial charge in [0, 0.05) is 31.1 Å². The summed E-state index contributed by atoms with van der Waals surface area (Å²) in [6, 6.07) is 9.41. The van der Waals surface area contributed by atoms with Gasteiger partial charge in [0.1, 0.15) is 0 Å². The number of morpholine rings is 1. The van der Waals surface area contributed by atoms with Crippen LogP contribution in [0, 0.1) is 5.92 Å². The number of Topliss-reactive ketones (excluding diaryl/α,β-unsaturated/α-hetero) is 1. The molecule has 1 aromatic carbocycles. The Morgan fingerprint density at radius 2 is 2.10 bits per heavy atom. The largest absolute Gasteiger partial charge is 0.394 e. The van der Waals surface area contributed by atoms with Gasteiger partial charge in [0.2, 0.25) is 0 Å². The number of aliphatic hydroxyl groups excluding tert-OH is 1. The van der Waals surface area contributed by atoms with E-state index in [4.69, 9.17) is 4.74 Å². The van der Waals surface area contributed by atoms with Crippen LogP contribution in [-0.4, -0.2) is 53.7 Å². The summed E-state index contributed by atoms with van der Waals surface area (Å²) in [5.41, 5.74) is 0.470. The Morgan fingerprint density at radius 3 is 2.71 bits per heavy atom. The number of ketones is 1. The Bertz CT molecular complexity index is 472. The zero-order valence-electron chi connectivity index (χ0n) is 13.1. The van der Waals surface area contributed by atoms with E-state index in [1.807, 2.05) is 51.1 Å². The molecule has 0 radical (unpaired) electrons. The third-order valence-corrected chi connectivity index (χ3v) is 3.79. The molecule has 2 rings (SSSR count). The lowest BCUT2D eigenvalue weighted by Crippen LogP contribution is -2.55. The molecule has 2 unspecified atom stereocenters. The van der Waals surface area contributed by atoms with Crippen molar-refractivity contribution in [1.29, 1.82) is 0 Å². The number of carbonyl (C=O) groups excluding carboxylic acids is 1. The molecule has 0 spiro atoms. The molecule has 1 N–H and O–H groups in total. The first-order chi connectivity index (χ1) is 9.91. The molecule has 0 aromatic heterocycles. The molecule has 4 nitrogen and oxygen atoms in total. The SMILES string of the molecule is CC(CN1CC(CO)OC(C)(C)C1)C(=O)c1ccccc1. The lowest BCUT2D eigenvalue weighted by molar-refractivity contribution is -0.149. The Morgan fingerprint density at radius 1 is 1.43 bits per heavy atom. The highest BCUT2D eigenvalue weighted by molar-refractivity contribution is 5.97. The number of benzene rings is 1. The van der Waals surface area contributed by atoms with Crippen molar-refractivity contribution in [3.63, 3.8) is 0 Å². The van der Waals surface area contributed by atoms with Crippen LogP contribution in [-0.2, 0) is 4.74 Å². The fourth-order valence-corrected chi connectivity index (χ4v) is 3.01. The van der Waals surface area contributed by atoms with Gasteiger partial charge in [-0.2, -0.15) is 0 Å². The van der Waals surface area contributed by atoms with E-state index in [2.05, 4.69) is 4.90 Å². The fraction of sp³-hybridized carbons (Fsp3) is 0.588. The monoisotopic (exact) mass is 291 g/mol. The molecule has 0 amide bonds. The number of hydrogen-bond donors (Lipinski definition) is 1. The summed E-state index contributed by atoms with van der Waals surface area (Å²) in [4.78, 5) is 14.6. The van der Waals surface area contributed by atoms with Crippen molar-refractivity contribution in [2.45, 2.75) is 32.5 Å². The molecule has 4 heteroatoms. The molecule has 1 aliphatic heterocycles. The summed E-state index contributed by atoms with van der Waals surface area (Å²) in [5.74, 6) is 0.0982. The van der Waals surface area contributed by atoms with Crippen molar-refractivity contribution >= 4 is 5.78 Å². The van der Waals surface area contributed by atoms with Crippen molar-refractivity contribution in [3.05, 3.63) is 35.9 Å². The van der Waals surface area contributed by atoms with Crippen LogP contribution in [0.1, 0.15) is 31.1 Å². The summed E-state index contributed by atoms with van der Waals surface area (Å²) >= 11 is 0. The lowest BCUT2D eigenvalue weighted by Gasteiger charge is -2.43. The second-order valence-corrected chi connectivity index (χ2v) is 6.51. The first kappa shape index (κ1) is 16.1. The zero-order valence-corrected chi connectivity index (χ0v) is 13.1. The van der Waals surface area contributed by atoms with E-state index in [9.17, 15) is 9.90 Å². The quantitative estimate of drug-likeness (QED) is 0.843. The molecular weight excluding hydrogens is 266 g/mol. The van der Waals surface area contributed by atoms with E-state index in [-0.39, 0.29) is 30.0 Å². The molecule has 1 aliphatic rings. The molecule has 1 heterocycles. The van der Waals surface area contributed by atoms with Gasteiger partial charge in [0.25, 0.3) is 0 Å². The summed E-state index contributed by atoms with van der Waals surface area (Å²) in [7, 11) is 0. The maximum Gasteiger partial charge on any atom is 0.166 e. The Kier molecular flexibility index (Phi) is 5.14. The normalized spacial score (nSPS) is 23.7. The Balaban J connectivity index is 1.98. The highest BCUT2D eigenvalue weighted by atomic mass is 16.5. The minimum Gasteiger partial charge on any atom is -0.394 e. The first-order valence-corrected chi connectivity index (χ1v) is 7.51. The highest BCUT2D eigenvalue weighted by Crippen LogP contribution is 2.22. The van der Waals surface area contributed by atoms with E-state index >= 15 is 0 Å². The highest BCUT2D eigenvalue weighted by Gasteiger charge is 2.34. The van der Waals surface area contributed by atoms with E-state index < -0.39 is 0 Å². The summed E-state index contributed by atoms with van der Waals surface area (Å²) in [5, 5.41) is 9.34. The van der Waals surface area contributed by atoms with E-state index in [0.717, 1.165) is 12.1 Å². The van der Waals surface area contributed by atoms with Crippen molar-refractivity contribution in [1.82, 2.24) is 4.90 Å². The number of nitrogens with zero attached hydrogens (tertiary/aromatic N) is 1. The van der Waals surface area contributed by atoms with Gasteiger partial charge in [-0.15, -0.1) is 0 Å². The second kappa shape index (κ2) is 6.69. The van der Waals surface area contributed by atoms with Gasteiger partial charge in [-0.3, -0.25) is 9.69 Å². The summed E-state index contributed by atoms with van der Waals surface area (Å²) in [6.07, 6.45) is -0.173. The van der Waals surface area contributed by atoms with Gasteiger partial charge in [0.05, 0.1) is 18.3 Å². The number of ether oxygens (including phenoxy) is 1. The zero-order chi connectivity index (χ0) is 15.5. The average molecular weight is 291 g/mol. The lowest BCUT2D eigenvalue weighted by atomic mass is 9.97. The van der Waals surface area contributed by atoms with Crippen LogP contribution < -0.4 is 0 Å². The smallest absolute Gasteiger partial charge is 0.166 e. The van der Waals surface area contributed by atoms with Gasteiger partial charge in [0.15, 0.2) is 5.78 Å². The molecule has 0 saturated carbocycles. The van der Waals surface area contributed by atoms with Gasteiger partial charge in [-0.25, -0.2) is 0 Å². The number of hydrogen-bond acceptors (Lipinski definition) is 4. The van der Waals surface area contributed by atoms with Crippen LogP contribution in [0.2, 0.25) is 0 Å². The predicted molar refractivity (Wildman–Crippen MR) is 82.4 cm³/mol. The molecule has 1 aromatic rings. The Hall–Kier alpha value is -1.23. The summed E-state index contributed by atoms with van der Waals surface area (Å²) in [6.45, 7) is 8.16. The molecule has 0 bridgehead atoms. The third kappa shape index (κ3) is 4.37.